The van der Waals surface area contributed by atoms with Gasteiger partial charge in [0.15, 0.2) is 0 Å². The van der Waals surface area contributed by atoms with E-state index >= 15 is 0 Å². The molecule has 2 N–H and O–H groups in total. The smallest absolute Gasteiger partial charge is 0.407 e. The van der Waals surface area contributed by atoms with Crippen LogP contribution in [0.15, 0.2) is 54.6 Å². The van der Waals surface area contributed by atoms with Gasteiger partial charge in [0.1, 0.15) is 17.3 Å². The van der Waals surface area contributed by atoms with Crippen molar-refractivity contribution in [1.29, 1.82) is 5.26 Å². The molecule has 0 aromatic heterocycles. The zero-order valence-corrected chi connectivity index (χ0v) is 16.4. The number of methoxy groups -OCH3 is 1. The highest BCUT2D eigenvalue weighted by Gasteiger charge is 2.47. The number of hydrogen-bond acceptors (Lipinski definition) is 4. The average Bonchev–Trinajstić information content (AvgIpc) is 3.51. The fourth-order valence-corrected chi connectivity index (χ4v) is 3.17. The van der Waals surface area contributed by atoms with Gasteiger partial charge in [0.25, 0.3) is 0 Å². The first-order valence-electron chi connectivity index (χ1n) is 9.50. The highest BCUT2D eigenvalue weighted by molar-refractivity contribution is 5.83. The average molecular weight is 417 g/mol. The van der Waals surface area contributed by atoms with E-state index in [2.05, 4.69) is 10.6 Å². The highest BCUT2D eigenvalue weighted by Crippen LogP contribution is 2.36. The third-order valence-corrected chi connectivity index (χ3v) is 5.07. The molecule has 1 fully saturated rings. The molecule has 8 heteroatoms. The van der Waals surface area contributed by atoms with Crippen molar-refractivity contribution in [3.63, 3.8) is 0 Å². The molecule has 5 nitrogen and oxygen atoms in total. The number of hydrogen-bond donors (Lipinski definition) is 2. The second-order valence-corrected chi connectivity index (χ2v) is 7.34. The van der Waals surface area contributed by atoms with Crippen LogP contribution in [0.1, 0.15) is 30.0 Å². The van der Waals surface area contributed by atoms with Crippen LogP contribution in [0, 0.1) is 11.3 Å². The molecule has 2 aromatic carbocycles. The number of benzene rings is 2. The summed E-state index contributed by atoms with van der Waals surface area (Å²) < 4.78 is 46.7. The van der Waals surface area contributed by atoms with E-state index in [1.165, 1.54) is 31.4 Å². The van der Waals surface area contributed by atoms with E-state index < -0.39 is 29.7 Å². The Kier molecular flexibility index (Phi) is 6.32. The summed E-state index contributed by atoms with van der Waals surface area (Å²) in [5.41, 5.74) is -0.292. The fourth-order valence-electron chi connectivity index (χ4n) is 3.17. The lowest BCUT2D eigenvalue weighted by Gasteiger charge is -2.28. The summed E-state index contributed by atoms with van der Waals surface area (Å²) in [5, 5.41) is 14.3. The molecule has 30 heavy (non-hydrogen) atoms. The standard InChI is InChI=1S/C22H22F3N3O2/c1-30-17-9-7-16(8-10-17)19(22(23,24)25)27-18(13-15-5-3-2-4-6-15)20(29)28-21(14-26)11-12-21/h2-10,18-19,27H,11-13H2,1H3,(H,28,29)/t18-,19-/m0/s1. The molecule has 1 aliphatic rings. The van der Waals surface area contributed by atoms with Crippen molar-refractivity contribution in [1.82, 2.24) is 10.6 Å². The minimum Gasteiger partial charge on any atom is -0.497 e. The Hall–Kier alpha value is -3.05. The van der Waals surface area contributed by atoms with Gasteiger partial charge in [0, 0.05) is 0 Å². The lowest BCUT2D eigenvalue weighted by atomic mass is 10.0. The van der Waals surface area contributed by atoms with Gasteiger partial charge in [-0.05, 0) is 42.5 Å². The van der Waals surface area contributed by atoms with Crippen molar-refractivity contribution >= 4 is 5.91 Å². The Morgan fingerprint density at radius 2 is 1.80 bits per heavy atom. The molecule has 1 aliphatic carbocycles. The van der Waals surface area contributed by atoms with E-state index in [0.29, 0.717) is 24.2 Å². The number of carbonyl (C=O) groups is 1. The first-order valence-corrected chi connectivity index (χ1v) is 9.50. The molecule has 0 heterocycles. The molecule has 0 spiro atoms. The van der Waals surface area contributed by atoms with Gasteiger partial charge in [-0.25, -0.2) is 0 Å². The largest absolute Gasteiger partial charge is 0.497 e. The van der Waals surface area contributed by atoms with Crippen LogP contribution >= 0.6 is 0 Å². The number of rotatable bonds is 8. The minimum atomic E-state index is -4.63. The lowest BCUT2D eigenvalue weighted by Crippen LogP contribution is -2.52. The molecule has 0 unspecified atom stereocenters. The van der Waals surface area contributed by atoms with Crippen LogP contribution in [-0.2, 0) is 11.2 Å². The van der Waals surface area contributed by atoms with Crippen molar-refractivity contribution in [3.05, 3.63) is 65.7 Å². The molecule has 1 amide bonds. The molecule has 3 rings (SSSR count). The molecule has 0 bridgehead atoms. The summed E-state index contributed by atoms with van der Waals surface area (Å²) >= 11 is 0. The molecule has 0 aliphatic heterocycles. The van der Waals surface area contributed by atoms with Crippen molar-refractivity contribution in [3.8, 4) is 11.8 Å². The number of alkyl halides is 3. The number of nitrogens with one attached hydrogen (secondary N) is 2. The second-order valence-electron chi connectivity index (χ2n) is 7.34. The quantitative estimate of drug-likeness (QED) is 0.687. The van der Waals surface area contributed by atoms with Gasteiger partial charge in [-0.15, -0.1) is 0 Å². The number of amides is 1. The van der Waals surface area contributed by atoms with Gasteiger partial charge in [0.2, 0.25) is 5.91 Å². The topological polar surface area (TPSA) is 74.2 Å². The van der Waals surface area contributed by atoms with Crippen LogP contribution in [0.4, 0.5) is 13.2 Å². The molecule has 1 saturated carbocycles. The van der Waals surface area contributed by atoms with Crippen molar-refractivity contribution in [2.75, 3.05) is 7.11 Å². The Bertz CT molecular complexity index is 904. The zero-order chi connectivity index (χ0) is 21.8. The Balaban J connectivity index is 1.87. The van der Waals surface area contributed by atoms with E-state index in [9.17, 15) is 23.2 Å². The SMILES string of the molecule is COc1ccc([C@H](N[C@@H](Cc2ccccc2)C(=O)NC2(C#N)CC2)C(F)(F)F)cc1. The maximum Gasteiger partial charge on any atom is 0.407 e. The van der Waals surface area contributed by atoms with Crippen LogP contribution in [0.5, 0.6) is 5.75 Å². The predicted molar refractivity (Wildman–Crippen MR) is 105 cm³/mol. The molecule has 0 saturated heterocycles. The van der Waals surface area contributed by atoms with Crippen molar-refractivity contribution < 1.29 is 22.7 Å². The number of ether oxygens (including phenoxy) is 1. The van der Waals surface area contributed by atoms with Crippen LogP contribution in [0.25, 0.3) is 0 Å². The first-order chi connectivity index (χ1) is 14.3. The summed E-state index contributed by atoms with van der Waals surface area (Å²) in [6.07, 6.45) is -3.59. The second kappa shape index (κ2) is 8.76. The number of carbonyl (C=O) groups excluding carboxylic acids is 1. The number of nitrogens with zero attached hydrogens (tertiary/aromatic N) is 1. The Morgan fingerprint density at radius 1 is 1.17 bits per heavy atom. The molecule has 2 atom stereocenters. The summed E-state index contributed by atoms with van der Waals surface area (Å²) in [4.78, 5) is 12.8. The number of nitriles is 1. The van der Waals surface area contributed by atoms with Gasteiger partial charge >= 0.3 is 6.18 Å². The summed E-state index contributed by atoms with van der Waals surface area (Å²) in [7, 11) is 1.43. The third-order valence-electron chi connectivity index (χ3n) is 5.07. The maximum atomic E-state index is 13.9. The fraction of sp³-hybridized carbons (Fsp3) is 0.364. The predicted octanol–water partition coefficient (Wildman–Crippen LogP) is 3.67. The third kappa shape index (κ3) is 5.30. The summed E-state index contributed by atoms with van der Waals surface area (Å²) in [6, 6.07) is 13.1. The normalized spacial score (nSPS) is 16.8. The lowest BCUT2D eigenvalue weighted by molar-refractivity contribution is -0.161. The highest BCUT2D eigenvalue weighted by atomic mass is 19.4. The van der Waals surface area contributed by atoms with Gasteiger partial charge in [-0.3, -0.25) is 10.1 Å². The molecule has 2 aromatic rings. The molecular weight excluding hydrogens is 395 g/mol. The van der Waals surface area contributed by atoms with E-state index in [-0.39, 0.29) is 12.0 Å². The first kappa shape index (κ1) is 21.7. The van der Waals surface area contributed by atoms with E-state index in [0.717, 1.165) is 0 Å². The van der Waals surface area contributed by atoms with Crippen LogP contribution in [0.3, 0.4) is 0 Å². The van der Waals surface area contributed by atoms with Gasteiger partial charge in [-0.1, -0.05) is 42.5 Å². The monoisotopic (exact) mass is 417 g/mol. The van der Waals surface area contributed by atoms with Crippen LogP contribution < -0.4 is 15.4 Å². The summed E-state index contributed by atoms with van der Waals surface area (Å²) in [5.74, 6) is -0.191. The van der Waals surface area contributed by atoms with Gasteiger partial charge in [-0.2, -0.15) is 18.4 Å². The van der Waals surface area contributed by atoms with Crippen LogP contribution in [-0.4, -0.2) is 30.8 Å². The van der Waals surface area contributed by atoms with Crippen LogP contribution in [0.2, 0.25) is 0 Å². The van der Waals surface area contributed by atoms with E-state index in [1.807, 2.05) is 6.07 Å². The van der Waals surface area contributed by atoms with Gasteiger partial charge < -0.3 is 10.1 Å². The zero-order valence-electron chi connectivity index (χ0n) is 16.4. The Labute approximate surface area is 172 Å². The number of halogens is 3. The van der Waals surface area contributed by atoms with E-state index in [1.54, 1.807) is 30.3 Å². The van der Waals surface area contributed by atoms with Crippen molar-refractivity contribution in [2.45, 2.75) is 43.1 Å². The Morgan fingerprint density at radius 3 is 2.30 bits per heavy atom. The van der Waals surface area contributed by atoms with Crippen molar-refractivity contribution in [2.24, 2.45) is 0 Å². The molecular formula is C22H22F3N3O2. The van der Waals surface area contributed by atoms with E-state index in [4.69, 9.17) is 4.74 Å². The minimum absolute atomic E-state index is 0.0319. The van der Waals surface area contributed by atoms with Gasteiger partial charge in [0.05, 0.1) is 19.2 Å². The summed E-state index contributed by atoms with van der Waals surface area (Å²) in [6.45, 7) is 0. The molecule has 0 radical (unpaired) electrons. The molecule has 158 valence electrons. The maximum absolute atomic E-state index is 13.9.